The third kappa shape index (κ3) is 3.38. The van der Waals surface area contributed by atoms with E-state index >= 15 is 0 Å². The molecule has 1 aromatic rings. The van der Waals surface area contributed by atoms with Gasteiger partial charge in [-0.1, -0.05) is 0 Å². The van der Waals surface area contributed by atoms with Crippen molar-refractivity contribution in [1.29, 1.82) is 0 Å². The third-order valence-corrected chi connectivity index (χ3v) is 4.56. The fourth-order valence-corrected chi connectivity index (χ4v) is 3.46. The second kappa shape index (κ2) is 6.31. The number of ether oxygens (including phenoxy) is 1. The molecule has 1 aliphatic heterocycles. The molecule has 1 aliphatic carbocycles. The number of carbonyl (C=O) groups excluding carboxylic acids is 1. The number of amides is 1. The zero-order chi connectivity index (χ0) is 17.5. The molecule has 0 aromatic carbocycles. The summed E-state index contributed by atoms with van der Waals surface area (Å²) in [5.74, 6) is -0.424. The lowest BCUT2D eigenvalue weighted by Gasteiger charge is -2.35. The van der Waals surface area contributed by atoms with Crippen LogP contribution in [0.1, 0.15) is 36.1 Å². The number of aromatic nitrogens is 2. The van der Waals surface area contributed by atoms with E-state index in [4.69, 9.17) is 4.74 Å². The van der Waals surface area contributed by atoms with Gasteiger partial charge in [-0.25, -0.2) is 9.97 Å². The lowest BCUT2D eigenvalue weighted by molar-refractivity contribution is -0.145. The Bertz CT molecular complexity index is 648. The zero-order valence-corrected chi connectivity index (χ0v) is 13.7. The second-order valence-electron chi connectivity index (χ2n) is 6.45. The first-order chi connectivity index (χ1) is 11.3. The SMILES string of the molecule is Cc1nc2c(c(C(F)(F)F)n1)C[C@@H](C(=O)N1CCO[C@H](C)C1)CC2. The third-order valence-electron chi connectivity index (χ3n) is 4.56. The second-order valence-corrected chi connectivity index (χ2v) is 6.45. The molecule has 1 saturated heterocycles. The average Bonchev–Trinajstić information content (AvgIpc) is 2.52. The molecular formula is C16H20F3N3O2. The molecule has 0 unspecified atom stereocenters. The molecule has 0 N–H and O–H groups in total. The van der Waals surface area contributed by atoms with Gasteiger partial charge in [0, 0.05) is 30.3 Å². The molecule has 8 heteroatoms. The molecule has 0 bridgehead atoms. The molecule has 24 heavy (non-hydrogen) atoms. The van der Waals surface area contributed by atoms with Gasteiger partial charge in [0.15, 0.2) is 5.69 Å². The van der Waals surface area contributed by atoms with Crippen LogP contribution in [0.5, 0.6) is 0 Å². The molecule has 3 rings (SSSR count). The van der Waals surface area contributed by atoms with Crippen molar-refractivity contribution in [2.45, 2.75) is 45.4 Å². The van der Waals surface area contributed by atoms with Crippen LogP contribution >= 0.6 is 0 Å². The monoisotopic (exact) mass is 343 g/mol. The Morgan fingerprint density at radius 2 is 2.08 bits per heavy atom. The Balaban J connectivity index is 1.84. The van der Waals surface area contributed by atoms with Crippen LogP contribution in [-0.2, 0) is 28.5 Å². The Morgan fingerprint density at radius 1 is 1.33 bits per heavy atom. The molecule has 2 aliphatic rings. The summed E-state index contributed by atoms with van der Waals surface area (Å²) in [5, 5.41) is 0. The summed E-state index contributed by atoms with van der Waals surface area (Å²) in [7, 11) is 0. The Labute approximate surface area is 138 Å². The van der Waals surface area contributed by atoms with Crippen molar-refractivity contribution < 1.29 is 22.7 Å². The first-order valence-electron chi connectivity index (χ1n) is 8.09. The quantitative estimate of drug-likeness (QED) is 0.784. The number of nitrogens with zero attached hydrogens (tertiary/aromatic N) is 3. The van der Waals surface area contributed by atoms with Gasteiger partial charge in [-0.05, 0) is 33.1 Å². The van der Waals surface area contributed by atoms with Crippen molar-refractivity contribution in [1.82, 2.24) is 14.9 Å². The van der Waals surface area contributed by atoms with Crippen LogP contribution in [0.2, 0.25) is 0 Å². The molecule has 1 fully saturated rings. The van der Waals surface area contributed by atoms with Gasteiger partial charge in [0.05, 0.1) is 12.7 Å². The van der Waals surface area contributed by atoms with Gasteiger partial charge < -0.3 is 9.64 Å². The standard InChI is InChI=1S/C16H20F3N3O2/c1-9-8-22(5-6-24-9)15(23)11-3-4-13-12(7-11)14(16(17,18)19)21-10(2)20-13/h9,11H,3-8H2,1-2H3/t9-,11+/m1/s1. The zero-order valence-electron chi connectivity index (χ0n) is 13.7. The molecule has 0 radical (unpaired) electrons. The smallest absolute Gasteiger partial charge is 0.375 e. The number of hydrogen-bond acceptors (Lipinski definition) is 4. The van der Waals surface area contributed by atoms with E-state index < -0.39 is 17.8 Å². The molecule has 1 aromatic heterocycles. The summed E-state index contributed by atoms with van der Waals surface area (Å²) in [6, 6.07) is 0. The van der Waals surface area contributed by atoms with Gasteiger partial charge >= 0.3 is 6.18 Å². The maximum atomic E-state index is 13.3. The van der Waals surface area contributed by atoms with E-state index in [2.05, 4.69) is 9.97 Å². The topological polar surface area (TPSA) is 55.3 Å². The Kier molecular flexibility index (Phi) is 4.50. The van der Waals surface area contributed by atoms with Crippen LogP contribution in [0.25, 0.3) is 0 Å². The molecule has 132 valence electrons. The first-order valence-corrected chi connectivity index (χ1v) is 8.09. The van der Waals surface area contributed by atoms with Crippen molar-refractivity contribution >= 4 is 5.91 Å². The van der Waals surface area contributed by atoms with E-state index in [-0.39, 0.29) is 29.8 Å². The minimum Gasteiger partial charge on any atom is -0.375 e. The highest BCUT2D eigenvalue weighted by Crippen LogP contribution is 2.36. The van der Waals surface area contributed by atoms with Crippen LogP contribution in [0, 0.1) is 12.8 Å². The van der Waals surface area contributed by atoms with E-state index in [1.807, 2.05) is 6.92 Å². The number of morpholine rings is 1. The fraction of sp³-hybridized carbons (Fsp3) is 0.688. The van der Waals surface area contributed by atoms with Gasteiger partial charge in [0.2, 0.25) is 5.91 Å². The highest BCUT2D eigenvalue weighted by atomic mass is 19.4. The summed E-state index contributed by atoms with van der Waals surface area (Å²) in [6.07, 6.45) is -3.63. The van der Waals surface area contributed by atoms with Gasteiger partial charge in [0.1, 0.15) is 5.82 Å². The van der Waals surface area contributed by atoms with Crippen molar-refractivity contribution in [2.24, 2.45) is 5.92 Å². The minimum atomic E-state index is -4.53. The van der Waals surface area contributed by atoms with Crippen molar-refractivity contribution in [3.63, 3.8) is 0 Å². The van der Waals surface area contributed by atoms with Crippen LogP contribution in [-0.4, -0.2) is 46.6 Å². The highest BCUT2D eigenvalue weighted by Gasteiger charge is 2.40. The van der Waals surface area contributed by atoms with Gasteiger partial charge in [0.25, 0.3) is 0 Å². The lowest BCUT2D eigenvalue weighted by Crippen LogP contribution is -2.48. The maximum absolute atomic E-state index is 13.3. The van der Waals surface area contributed by atoms with E-state index in [0.717, 1.165) is 0 Å². The Hall–Kier alpha value is -1.70. The maximum Gasteiger partial charge on any atom is 0.433 e. The summed E-state index contributed by atoms with van der Waals surface area (Å²) in [6.45, 7) is 4.78. The van der Waals surface area contributed by atoms with E-state index in [9.17, 15) is 18.0 Å². The summed E-state index contributed by atoms with van der Waals surface area (Å²) in [4.78, 5) is 22.1. The number of aryl methyl sites for hydroxylation is 2. The molecule has 2 atom stereocenters. The number of halogens is 3. The van der Waals surface area contributed by atoms with Crippen molar-refractivity contribution in [3.05, 3.63) is 22.8 Å². The molecule has 2 heterocycles. The van der Waals surface area contributed by atoms with Crippen molar-refractivity contribution in [2.75, 3.05) is 19.7 Å². The van der Waals surface area contributed by atoms with Crippen LogP contribution in [0.4, 0.5) is 13.2 Å². The first kappa shape index (κ1) is 17.1. The van der Waals surface area contributed by atoms with E-state index in [1.54, 1.807) is 4.90 Å². The van der Waals surface area contributed by atoms with Crippen LogP contribution < -0.4 is 0 Å². The van der Waals surface area contributed by atoms with Crippen molar-refractivity contribution in [3.8, 4) is 0 Å². The summed E-state index contributed by atoms with van der Waals surface area (Å²) in [5.41, 5.74) is -0.383. The number of alkyl halides is 3. The molecular weight excluding hydrogens is 323 g/mol. The lowest BCUT2D eigenvalue weighted by atomic mass is 9.84. The van der Waals surface area contributed by atoms with Crippen LogP contribution in [0.15, 0.2) is 0 Å². The Morgan fingerprint density at radius 3 is 2.75 bits per heavy atom. The van der Waals surface area contributed by atoms with Gasteiger partial charge in [-0.15, -0.1) is 0 Å². The predicted octanol–water partition coefficient (Wildman–Crippen LogP) is 2.16. The van der Waals surface area contributed by atoms with Gasteiger partial charge in [-0.3, -0.25) is 4.79 Å². The summed E-state index contributed by atoms with van der Waals surface area (Å²) < 4.78 is 45.3. The van der Waals surface area contributed by atoms with E-state index in [0.29, 0.717) is 38.2 Å². The molecule has 1 amide bonds. The van der Waals surface area contributed by atoms with E-state index in [1.165, 1.54) is 6.92 Å². The number of carbonyl (C=O) groups is 1. The normalized spacial score (nSPS) is 24.6. The fourth-order valence-electron chi connectivity index (χ4n) is 3.46. The van der Waals surface area contributed by atoms with Crippen LogP contribution in [0.3, 0.4) is 0 Å². The predicted molar refractivity (Wildman–Crippen MR) is 79.3 cm³/mol. The molecule has 0 saturated carbocycles. The molecule has 0 spiro atoms. The summed E-state index contributed by atoms with van der Waals surface area (Å²) >= 11 is 0. The number of fused-ring (bicyclic) bond motifs is 1. The largest absolute Gasteiger partial charge is 0.433 e. The van der Waals surface area contributed by atoms with Gasteiger partial charge in [-0.2, -0.15) is 13.2 Å². The number of hydrogen-bond donors (Lipinski definition) is 0. The average molecular weight is 343 g/mol. The number of rotatable bonds is 1. The highest BCUT2D eigenvalue weighted by molar-refractivity contribution is 5.79. The minimum absolute atomic E-state index is 0.0460. The molecule has 5 nitrogen and oxygen atoms in total.